The van der Waals surface area contributed by atoms with Crippen molar-refractivity contribution in [3.05, 3.63) is 45.8 Å². The van der Waals surface area contributed by atoms with Crippen LogP contribution in [0.25, 0.3) is 0 Å². The second-order valence-electron chi connectivity index (χ2n) is 6.05. The summed E-state index contributed by atoms with van der Waals surface area (Å²) in [7, 11) is -2.72. The standard InChI is InChI=1S/C18H20N2O6S2/c1-10-5-7-13(8-6-10)28(24,25)9-14(21)19-17-15(11(2)12(3)27-17)16(22)20-18(23)26-4/h5-8H,9H2,1-4H3,(H,19,21)(H,20,22,23). The zero-order valence-corrected chi connectivity index (χ0v) is 17.4. The van der Waals surface area contributed by atoms with E-state index in [0.717, 1.165) is 28.9 Å². The maximum absolute atomic E-state index is 12.4. The van der Waals surface area contributed by atoms with Crippen LogP contribution in [0.5, 0.6) is 0 Å². The lowest BCUT2D eigenvalue weighted by Gasteiger charge is -2.08. The average molecular weight is 425 g/mol. The Hall–Kier alpha value is -2.72. The summed E-state index contributed by atoms with van der Waals surface area (Å²) in [5, 5.41) is 4.67. The van der Waals surface area contributed by atoms with Gasteiger partial charge in [0.25, 0.3) is 5.91 Å². The van der Waals surface area contributed by atoms with Crippen LogP contribution >= 0.6 is 11.3 Å². The number of amides is 3. The fourth-order valence-corrected chi connectivity index (χ4v) is 4.57. The summed E-state index contributed by atoms with van der Waals surface area (Å²) in [5.41, 5.74) is 1.56. The lowest BCUT2D eigenvalue weighted by Crippen LogP contribution is -2.31. The minimum Gasteiger partial charge on any atom is -0.453 e. The molecule has 1 aromatic heterocycles. The Bertz CT molecular complexity index is 1020. The quantitative estimate of drug-likeness (QED) is 0.761. The number of carbonyl (C=O) groups is 3. The van der Waals surface area contributed by atoms with E-state index in [-0.39, 0.29) is 15.5 Å². The molecule has 2 N–H and O–H groups in total. The van der Waals surface area contributed by atoms with Gasteiger partial charge in [-0.1, -0.05) is 17.7 Å². The molecule has 0 atom stereocenters. The highest BCUT2D eigenvalue weighted by Gasteiger charge is 2.25. The molecular weight excluding hydrogens is 404 g/mol. The molecule has 150 valence electrons. The number of imide groups is 1. The Kier molecular flexibility index (Phi) is 6.57. The summed E-state index contributed by atoms with van der Waals surface area (Å²) >= 11 is 1.12. The van der Waals surface area contributed by atoms with E-state index >= 15 is 0 Å². The van der Waals surface area contributed by atoms with Gasteiger partial charge in [-0.15, -0.1) is 11.3 Å². The Morgan fingerprint density at radius 2 is 1.68 bits per heavy atom. The average Bonchev–Trinajstić information content (AvgIpc) is 2.88. The van der Waals surface area contributed by atoms with Crippen molar-refractivity contribution in [2.24, 2.45) is 0 Å². The van der Waals surface area contributed by atoms with E-state index in [1.165, 1.54) is 12.1 Å². The topological polar surface area (TPSA) is 119 Å². The number of thiophene rings is 1. The summed E-state index contributed by atoms with van der Waals surface area (Å²) < 4.78 is 29.2. The van der Waals surface area contributed by atoms with Crippen LogP contribution in [0.2, 0.25) is 0 Å². The number of nitrogens with one attached hydrogen (secondary N) is 2. The molecule has 0 aliphatic heterocycles. The maximum atomic E-state index is 12.4. The van der Waals surface area contributed by atoms with Gasteiger partial charge in [0.15, 0.2) is 9.84 Å². The number of methoxy groups -OCH3 is 1. The molecule has 0 aliphatic rings. The van der Waals surface area contributed by atoms with Gasteiger partial charge in [0.2, 0.25) is 5.91 Å². The van der Waals surface area contributed by atoms with E-state index < -0.39 is 33.5 Å². The van der Waals surface area contributed by atoms with E-state index in [1.807, 2.05) is 12.2 Å². The molecule has 1 heterocycles. The largest absolute Gasteiger partial charge is 0.453 e. The predicted molar refractivity (Wildman–Crippen MR) is 106 cm³/mol. The Morgan fingerprint density at radius 1 is 1.07 bits per heavy atom. The van der Waals surface area contributed by atoms with Crippen molar-refractivity contribution < 1.29 is 27.5 Å². The van der Waals surface area contributed by atoms with Crippen molar-refractivity contribution in [2.75, 3.05) is 18.2 Å². The molecule has 0 radical (unpaired) electrons. The van der Waals surface area contributed by atoms with Crippen molar-refractivity contribution in [1.29, 1.82) is 0 Å². The molecule has 0 unspecified atom stereocenters. The van der Waals surface area contributed by atoms with Crippen molar-refractivity contribution in [2.45, 2.75) is 25.7 Å². The minimum atomic E-state index is -3.84. The number of carbonyl (C=O) groups excluding carboxylic acids is 3. The number of hydrogen-bond acceptors (Lipinski definition) is 7. The van der Waals surface area contributed by atoms with E-state index in [4.69, 9.17) is 0 Å². The van der Waals surface area contributed by atoms with E-state index in [2.05, 4.69) is 10.1 Å². The summed E-state index contributed by atoms with van der Waals surface area (Å²) in [6, 6.07) is 6.16. The molecule has 0 aliphatic carbocycles. The van der Waals surface area contributed by atoms with Crippen LogP contribution in [0.15, 0.2) is 29.2 Å². The Labute approximate surface area is 166 Å². The molecule has 2 aromatic rings. The van der Waals surface area contributed by atoms with Gasteiger partial charge < -0.3 is 10.1 Å². The lowest BCUT2D eigenvalue weighted by molar-refractivity contribution is -0.113. The highest BCUT2D eigenvalue weighted by atomic mass is 32.2. The second kappa shape index (κ2) is 8.53. The molecule has 0 bridgehead atoms. The number of alkyl carbamates (subject to hydrolysis) is 1. The van der Waals surface area contributed by atoms with Crippen LogP contribution < -0.4 is 10.6 Å². The van der Waals surface area contributed by atoms with Crippen LogP contribution in [-0.4, -0.2) is 39.2 Å². The number of ether oxygens (including phenoxy) is 1. The highest BCUT2D eigenvalue weighted by Crippen LogP contribution is 2.32. The van der Waals surface area contributed by atoms with Gasteiger partial charge in [0, 0.05) is 4.88 Å². The van der Waals surface area contributed by atoms with Crippen LogP contribution in [-0.2, 0) is 19.4 Å². The highest BCUT2D eigenvalue weighted by molar-refractivity contribution is 7.92. The molecule has 28 heavy (non-hydrogen) atoms. The normalized spacial score (nSPS) is 11.0. The SMILES string of the molecule is COC(=O)NC(=O)c1c(NC(=O)CS(=O)(=O)c2ccc(C)cc2)sc(C)c1C. The fourth-order valence-electron chi connectivity index (χ4n) is 2.36. The minimum absolute atomic E-state index is 0.0375. The molecule has 8 nitrogen and oxygen atoms in total. The van der Waals surface area contributed by atoms with Gasteiger partial charge in [0.1, 0.15) is 10.8 Å². The van der Waals surface area contributed by atoms with E-state index in [9.17, 15) is 22.8 Å². The summed E-state index contributed by atoms with van der Waals surface area (Å²) in [5.74, 6) is -2.30. The first-order valence-electron chi connectivity index (χ1n) is 8.13. The summed E-state index contributed by atoms with van der Waals surface area (Å²) in [4.78, 5) is 36.7. The monoisotopic (exact) mass is 424 g/mol. The van der Waals surface area contributed by atoms with Crippen LogP contribution in [0.3, 0.4) is 0 Å². The fraction of sp³-hybridized carbons (Fsp3) is 0.278. The molecule has 1 aromatic carbocycles. The van der Waals surface area contributed by atoms with Crippen LogP contribution in [0, 0.1) is 20.8 Å². The third-order valence-corrected chi connectivity index (χ3v) is 6.72. The van der Waals surface area contributed by atoms with Gasteiger partial charge in [0.05, 0.1) is 17.6 Å². The molecular formula is C18H20N2O6S2. The zero-order valence-electron chi connectivity index (χ0n) is 15.8. The molecule has 10 heteroatoms. The van der Waals surface area contributed by atoms with Gasteiger partial charge in [-0.3, -0.25) is 14.9 Å². The number of benzene rings is 1. The first-order valence-corrected chi connectivity index (χ1v) is 10.6. The Balaban J connectivity index is 2.22. The summed E-state index contributed by atoms with van der Waals surface area (Å²) in [6.07, 6.45) is -0.938. The van der Waals surface area contributed by atoms with Crippen molar-refractivity contribution in [3.8, 4) is 0 Å². The smallest absolute Gasteiger partial charge is 0.413 e. The first-order chi connectivity index (χ1) is 13.0. The summed E-state index contributed by atoms with van der Waals surface area (Å²) in [6.45, 7) is 5.23. The first kappa shape index (κ1) is 21.6. The van der Waals surface area contributed by atoms with E-state index in [1.54, 1.807) is 26.0 Å². The zero-order chi connectivity index (χ0) is 21.1. The predicted octanol–water partition coefficient (Wildman–Crippen LogP) is 2.58. The second-order valence-corrected chi connectivity index (χ2v) is 9.27. The molecule has 0 fully saturated rings. The number of anilines is 1. The van der Waals surface area contributed by atoms with Crippen LogP contribution in [0.1, 0.15) is 26.4 Å². The molecule has 3 amide bonds. The molecule has 2 rings (SSSR count). The van der Waals surface area contributed by atoms with Crippen LogP contribution in [0.4, 0.5) is 9.80 Å². The molecule has 0 saturated carbocycles. The van der Waals surface area contributed by atoms with Crippen molar-refractivity contribution >= 4 is 44.1 Å². The van der Waals surface area contributed by atoms with Crippen molar-refractivity contribution in [3.63, 3.8) is 0 Å². The van der Waals surface area contributed by atoms with Gasteiger partial charge in [-0.25, -0.2) is 13.2 Å². The number of hydrogen-bond donors (Lipinski definition) is 2. The van der Waals surface area contributed by atoms with Gasteiger partial charge >= 0.3 is 6.09 Å². The van der Waals surface area contributed by atoms with Crippen molar-refractivity contribution in [1.82, 2.24) is 5.32 Å². The van der Waals surface area contributed by atoms with Gasteiger partial charge in [-0.2, -0.15) is 0 Å². The maximum Gasteiger partial charge on any atom is 0.413 e. The third-order valence-electron chi connectivity index (χ3n) is 3.97. The number of sulfone groups is 1. The third kappa shape index (κ3) is 4.96. The molecule has 0 saturated heterocycles. The van der Waals surface area contributed by atoms with E-state index in [0.29, 0.717) is 5.56 Å². The molecule has 0 spiro atoms. The number of aryl methyl sites for hydroxylation is 2. The van der Waals surface area contributed by atoms with Gasteiger partial charge in [-0.05, 0) is 38.5 Å². The lowest BCUT2D eigenvalue weighted by atomic mass is 10.1. The Morgan fingerprint density at radius 3 is 2.25 bits per heavy atom. The number of rotatable bonds is 5.